The second kappa shape index (κ2) is 5.54. The summed E-state index contributed by atoms with van der Waals surface area (Å²) in [6.45, 7) is 3.80. The summed E-state index contributed by atoms with van der Waals surface area (Å²) in [5, 5.41) is 1.44. The number of hydrogen-bond donors (Lipinski definition) is 0. The van der Waals surface area contributed by atoms with Crippen molar-refractivity contribution in [2.45, 2.75) is 26.2 Å². The minimum absolute atomic E-state index is 0.0149. The molecule has 0 atom stereocenters. The lowest BCUT2D eigenvalue weighted by Gasteiger charge is -2.31. The first-order chi connectivity index (χ1) is 8.54. The molecule has 0 N–H and O–H groups in total. The molecule has 104 valence electrons. The fraction of sp³-hybridized carbons (Fsp3) is 0.909. The van der Waals surface area contributed by atoms with Gasteiger partial charge < -0.3 is 0 Å². The Morgan fingerprint density at radius 1 is 1.28 bits per heavy atom. The lowest BCUT2D eigenvalue weighted by molar-refractivity contribution is -0.174. The van der Waals surface area contributed by atoms with Gasteiger partial charge in [-0.3, -0.25) is 9.63 Å². The summed E-state index contributed by atoms with van der Waals surface area (Å²) in [6.07, 6.45) is 2.07. The highest BCUT2D eigenvalue weighted by atomic mass is 32.2. The Balaban J connectivity index is 1.88. The van der Waals surface area contributed by atoms with E-state index in [2.05, 4.69) is 0 Å². The van der Waals surface area contributed by atoms with Gasteiger partial charge in [-0.15, -0.1) is 0 Å². The van der Waals surface area contributed by atoms with Crippen molar-refractivity contribution in [1.82, 2.24) is 9.37 Å². The average molecular weight is 276 g/mol. The highest BCUT2D eigenvalue weighted by Crippen LogP contribution is 2.23. The summed E-state index contributed by atoms with van der Waals surface area (Å²) in [5.74, 6) is 0.0494. The molecule has 0 aromatic heterocycles. The highest BCUT2D eigenvalue weighted by Gasteiger charge is 2.33. The predicted octanol–water partition coefficient (Wildman–Crippen LogP) is 0.212. The molecule has 0 aromatic rings. The quantitative estimate of drug-likeness (QED) is 0.739. The molecule has 7 heteroatoms. The van der Waals surface area contributed by atoms with Gasteiger partial charge in [0, 0.05) is 19.0 Å². The molecule has 0 unspecified atom stereocenters. The molecule has 0 bridgehead atoms. The minimum atomic E-state index is -3.11. The number of amides is 1. The normalized spacial score (nSPS) is 23.5. The number of nitrogens with zero attached hydrogens (tertiary/aromatic N) is 2. The molecule has 2 aliphatic rings. The first-order valence-corrected chi connectivity index (χ1v) is 8.07. The van der Waals surface area contributed by atoms with Gasteiger partial charge in [-0.2, -0.15) is 0 Å². The van der Waals surface area contributed by atoms with Gasteiger partial charge in [0.15, 0.2) is 0 Å². The van der Waals surface area contributed by atoms with Crippen LogP contribution in [-0.2, 0) is 19.7 Å². The standard InChI is InChI=1S/C11H20N2O4S/c1-2-18(15,16)12-7-4-10(5-8-12)11(14)13-6-3-9-17-13/h10H,2-9H2,1H3. The lowest BCUT2D eigenvalue weighted by atomic mass is 9.97. The van der Waals surface area contributed by atoms with E-state index in [0.717, 1.165) is 6.42 Å². The molecule has 18 heavy (non-hydrogen) atoms. The second-order valence-corrected chi connectivity index (χ2v) is 6.96. The molecule has 1 amide bonds. The van der Waals surface area contributed by atoms with Crippen molar-refractivity contribution in [1.29, 1.82) is 0 Å². The van der Waals surface area contributed by atoms with Gasteiger partial charge in [-0.05, 0) is 26.2 Å². The molecular formula is C11H20N2O4S. The Morgan fingerprint density at radius 2 is 1.94 bits per heavy atom. The van der Waals surface area contributed by atoms with Crippen LogP contribution < -0.4 is 0 Å². The number of carbonyl (C=O) groups is 1. The Labute approximate surface area is 108 Å². The summed E-state index contributed by atoms with van der Waals surface area (Å²) in [6, 6.07) is 0. The van der Waals surface area contributed by atoms with E-state index in [4.69, 9.17) is 4.84 Å². The van der Waals surface area contributed by atoms with Crippen LogP contribution in [0.1, 0.15) is 26.2 Å². The SMILES string of the molecule is CCS(=O)(=O)N1CCC(C(=O)N2CCCO2)CC1. The lowest BCUT2D eigenvalue weighted by Crippen LogP contribution is -2.43. The highest BCUT2D eigenvalue weighted by molar-refractivity contribution is 7.89. The first-order valence-electron chi connectivity index (χ1n) is 6.46. The number of sulfonamides is 1. The third-order valence-corrected chi connectivity index (χ3v) is 5.44. The molecule has 2 fully saturated rings. The van der Waals surface area contributed by atoms with Gasteiger partial charge in [-0.25, -0.2) is 17.8 Å². The summed E-state index contributed by atoms with van der Waals surface area (Å²) < 4.78 is 24.9. The van der Waals surface area contributed by atoms with E-state index in [0.29, 0.717) is 39.1 Å². The fourth-order valence-corrected chi connectivity index (χ4v) is 3.52. The number of hydrogen-bond acceptors (Lipinski definition) is 4. The minimum Gasteiger partial charge on any atom is -0.272 e. The number of rotatable bonds is 3. The van der Waals surface area contributed by atoms with E-state index in [1.807, 2.05) is 0 Å². The van der Waals surface area contributed by atoms with Crippen LogP contribution in [0.15, 0.2) is 0 Å². The van der Waals surface area contributed by atoms with Gasteiger partial charge in [0.25, 0.3) is 0 Å². The topological polar surface area (TPSA) is 66.9 Å². The Morgan fingerprint density at radius 3 is 2.44 bits per heavy atom. The Hall–Kier alpha value is -0.660. The van der Waals surface area contributed by atoms with E-state index in [1.54, 1.807) is 6.92 Å². The van der Waals surface area contributed by atoms with Crippen LogP contribution in [0.2, 0.25) is 0 Å². The van der Waals surface area contributed by atoms with Gasteiger partial charge >= 0.3 is 0 Å². The molecule has 2 heterocycles. The average Bonchev–Trinajstić information content (AvgIpc) is 2.92. The van der Waals surface area contributed by atoms with Crippen LogP contribution in [0.25, 0.3) is 0 Å². The van der Waals surface area contributed by atoms with Crippen molar-refractivity contribution in [3.63, 3.8) is 0 Å². The van der Waals surface area contributed by atoms with Crippen LogP contribution in [0.4, 0.5) is 0 Å². The zero-order valence-electron chi connectivity index (χ0n) is 10.7. The molecule has 2 saturated heterocycles. The van der Waals surface area contributed by atoms with Gasteiger partial charge in [-0.1, -0.05) is 0 Å². The van der Waals surface area contributed by atoms with Crippen LogP contribution in [0.3, 0.4) is 0 Å². The molecule has 6 nitrogen and oxygen atoms in total. The monoisotopic (exact) mass is 276 g/mol. The Bertz CT molecular complexity index is 395. The first kappa shape index (κ1) is 13.8. The molecule has 2 aliphatic heterocycles. The molecule has 0 spiro atoms. The number of hydroxylamine groups is 2. The van der Waals surface area contributed by atoms with Crippen molar-refractivity contribution in [3.05, 3.63) is 0 Å². The zero-order valence-corrected chi connectivity index (χ0v) is 11.5. The predicted molar refractivity (Wildman–Crippen MR) is 66.0 cm³/mol. The van der Waals surface area contributed by atoms with Crippen molar-refractivity contribution in [3.8, 4) is 0 Å². The van der Waals surface area contributed by atoms with Gasteiger partial charge in [0.05, 0.1) is 18.9 Å². The van der Waals surface area contributed by atoms with Gasteiger partial charge in [0.1, 0.15) is 0 Å². The summed E-state index contributed by atoms with van der Waals surface area (Å²) >= 11 is 0. The maximum Gasteiger partial charge on any atom is 0.249 e. The molecule has 0 radical (unpaired) electrons. The maximum absolute atomic E-state index is 12.1. The zero-order chi connectivity index (χ0) is 13.2. The van der Waals surface area contributed by atoms with E-state index in [9.17, 15) is 13.2 Å². The number of piperidine rings is 1. The van der Waals surface area contributed by atoms with Crippen LogP contribution in [0, 0.1) is 5.92 Å². The maximum atomic E-state index is 12.1. The molecule has 0 aliphatic carbocycles. The third kappa shape index (κ3) is 2.84. The second-order valence-electron chi connectivity index (χ2n) is 4.70. The van der Waals surface area contributed by atoms with Crippen LogP contribution in [-0.4, -0.2) is 55.7 Å². The largest absolute Gasteiger partial charge is 0.272 e. The molecular weight excluding hydrogens is 256 g/mol. The van der Waals surface area contributed by atoms with Gasteiger partial charge in [0.2, 0.25) is 15.9 Å². The third-order valence-electron chi connectivity index (χ3n) is 3.56. The molecule has 2 rings (SSSR count). The van der Waals surface area contributed by atoms with Crippen molar-refractivity contribution >= 4 is 15.9 Å². The Kier molecular flexibility index (Phi) is 4.24. The van der Waals surface area contributed by atoms with Crippen LogP contribution >= 0.6 is 0 Å². The summed E-state index contributed by atoms with van der Waals surface area (Å²) in [5.41, 5.74) is 0. The molecule has 0 saturated carbocycles. The van der Waals surface area contributed by atoms with E-state index in [-0.39, 0.29) is 17.6 Å². The van der Waals surface area contributed by atoms with Crippen molar-refractivity contribution < 1.29 is 18.0 Å². The van der Waals surface area contributed by atoms with E-state index < -0.39 is 10.0 Å². The van der Waals surface area contributed by atoms with Crippen molar-refractivity contribution in [2.24, 2.45) is 5.92 Å². The van der Waals surface area contributed by atoms with E-state index >= 15 is 0 Å². The number of carbonyl (C=O) groups excluding carboxylic acids is 1. The van der Waals surface area contributed by atoms with E-state index in [1.165, 1.54) is 9.37 Å². The fourth-order valence-electron chi connectivity index (χ4n) is 2.39. The molecule has 0 aromatic carbocycles. The smallest absolute Gasteiger partial charge is 0.249 e. The van der Waals surface area contributed by atoms with Crippen LogP contribution in [0.5, 0.6) is 0 Å². The summed E-state index contributed by atoms with van der Waals surface area (Å²) in [4.78, 5) is 17.3. The summed E-state index contributed by atoms with van der Waals surface area (Å²) in [7, 11) is -3.11. The van der Waals surface area contributed by atoms with Crippen molar-refractivity contribution in [2.75, 3.05) is 32.0 Å².